The highest BCUT2D eigenvalue weighted by Gasteiger charge is 2.36. The molecule has 1 rings (SSSR count). The molecular weight excluding hydrogens is 237 g/mol. The molecule has 0 saturated carbocycles. The van der Waals surface area contributed by atoms with Gasteiger partial charge in [0, 0.05) is 19.6 Å². The predicted molar refractivity (Wildman–Crippen MR) is 55.5 cm³/mol. The van der Waals surface area contributed by atoms with Gasteiger partial charge in [-0.25, -0.2) is 0 Å². The van der Waals surface area contributed by atoms with Crippen LogP contribution in [0.25, 0.3) is 0 Å². The summed E-state index contributed by atoms with van der Waals surface area (Å²) in [6.07, 6.45) is -5.21. The van der Waals surface area contributed by atoms with Gasteiger partial charge in [0.1, 0.15) is 0 Å². The van der Waals surface area contributed by atoms with E-state index in [1.54, 1.807) is 7.05 Å². The largest absolute Gasteiger partial charge is 0.390 e. The van der Waals surface area contributed by atoms with Crippen LogP contribution >= 0.6 is 0 Å². The summed E-state index contributed by atoms with van der Waals surface area (Å²) in [5.41, 5.74) is 0. The standard InChI is InChI=1S/C10H17F3N2O2/c1-14-8-6-17-5-7(8)9(16)15(2)4-3-10(11,12)13/h7-8,14H,3-6H2,1-2H3. The molecule has 4 nitrogen and oxygen atoms in total. The minimum absolute atomic E-state index is 0.115. The summed E-state index contributed by atoms with van der Waals surface area (Å²) in [7, 11) is 3.09. The highest BCUT2D eigenvalue weighted by atomic mass is 19.4. The van der Waals surface area contributed by atoms with Crippen LogP contribution in [0.15, 0.2) is 0 Å². The number of carbonyl (C=O) groups is 1. The molecular formula is C10H17F3N2O2. The molecule has 1 aliphatic heterocycles. The van der Waals surface area contributed by atoms with Crippen LogP contribution in [-0.4, -0.2) is 56.9 Å². The van der Waals surface area contributed by atoms with E-state index in [0.29, 0.717) is 6.61 Å². The van der Waals surface area contributed by atoms with Crippen molar-refractivity contribution in [3.8, 4) is 0 Å². The number of nitrogens with zero attached hydrogens (tertiary/aromatic N) is 1. The lowest BCUT2D eigenvalue weighted by molar-refractivity contribution is -0.146. The third-order valence-corrected chi connectivity index (χ3v) is 2.88. The fraction of sp³-hybridized carbons (Fsp3) is 0.900. The number of carbonyl (C=O) groups excluding carboxylic acids is 1. The van der Waals surface area contributed by atoms with Gasteiger partial charge >= 0.3 is 6.18 Å². The van der Waals surface area contributed by atoms with Crippen molar-refractivity contribution in [2.24, 2.45) is 5.92 Å². The van der Waals surface area contributed by atoms with Crippen molar-refractivity contribution in [1.82, 2.24) is 10.2 Å². The molecule has 2 atom stereocenters. The van der Waals surface area contributed by atoms with Gasteiger partial charge in [0.05, 0.1) is 25.6 Å². The van der Waals surface area contributed by atoms with E-state index in [2.05, 4.69) is 5.32 Å². The van der Waals surface area contributed by atoms with Crippen LogP contribution < -0.4 is 5.32 Å². The summed E-state index contributed by atoms with van der Waals surface area (Å²) in [5.74, 6) is -0.690. The Morgan fingerprint density at radius 2 is 2.12 bits per heavy atom. The van der Waals surface area contributed by atoms with Crippen LogP contribution in [0.3, 0.4) is 0 Å². The van der Waals surface area contributed by atoms with E-state index >= 15 is 0 Å². The number of amides is 1. The van der Waals surface area contributed by atoms with Gasteiger partial charge in [0.25, 0.3) is 0 Å². The summed E-state index contributed by atoms with van der Waals surface area (Å²) in [4.78, 5) is 13.0. The predicted octanol–water partition coefficient (Wildman–Crippen LogP) is 0.632. The molecule has 0 aliphatic carbocycles. The van der Waals surface area contributed by atoms with Crippen LogP contribution in [0.4, 0.5) is 13.2 Å². The zero-order valence-electron chi connectivity index (χ0n) is 9.88. The number of rotatable bonds is 4. The molecule has 1 aliphatic rings. The summed E-state index contributed by atoms with van der Waals surface area (Å²) in [6, 6.07) is -0.115. The molecule has 1 N–H and O–H groups in total. The van der Waals surface area contributed by atoms with Crippen molar-refractivity contribution in [3.63, 3.8) is 0 Å². The molecule has 2 unspecified atom stereocenters. The Balaban J connectivity index is 2.46. The molecule has 0 aromatic carbocycles. The molecule has 0 aromatic heterocycles. The van der Waals surface area contributed by atoms with Gasteiger partial charge in [-0.3, -0.25) is 4.79 Å². The first-order valence-electron chi connectivity index (χ1n) is 5.42. The summed E-state index contributed by atoms with van der Waals surface area (Å²) in [5, 5.41) is 2.93. The fourth-order valence-corrected chi connectivity index (χ4v) is 1.77. The molecule has 0 spiro atoms. The number of hydrogen-bond acceptors (Lipinski definition) is 3. The second kappa shape index (κ2) is 5.68. The highest BCUT2D eigenvalue weighted by Crippen LogP contribution is 2.21. The molecule has 100 valence electrons. The normalized spacial score (nSPS) is 25.0. The number of hydrogen-bond donors (Lipinski definition) is 1. The second-order valence-corrected chi connectivity index (χ2v) is 4.16. The summed E-state index contributed by atoms with van der Waals surface area (Å²) >= 11 is 0. The zero-order chi connectivity index (χ0) is 13.1. The summed E-state index contributed by atoms with van der Waals surface area (Å²) in [6.45, 7) is 0.371. The Labute approximate surface area is 98.1 Å². The van der Waals surface area contributed by atoms with E-state index in [4.69, 9.17) is 4.74 Å². The fourth-order valence-electron chi connectivity index (χ4n) is 1.77. The lowest BCUT2D eigenvalue weighted by atomic mass is 10.0. The molecule has 1 heterocycles. The average molecular weight is 254 g/mol. The first kappa shape index (κ1) is 14.2. The highest BCUT2D eigenvalue weighted by molar-refractivity contribution is 5.79. The Kier molecular flexibility index (Phi) is 4.76. The van der Waals surface area contributed by atoms with Crippen molar-refractivity contribution in [3.05, 3.63) is 0 Å². The smallest absolute Gasteiger partial charge is 0.379 e. The van der Waals surface area contributed by atoms with E-state index in [0.717, 1.165) is 4.90 Å². The van der Waals surface area contributed by atoms with E-state index in [1.807, 2.05) is 0 Å². The van der Waals surface area contributed by atoms with E-state index in [9.17, 15) is 18.0 Å². The molecule has 7 heteroatoms. The lowest BCUT2D eigenvalue weighted by Crippen LogP contribution is -2.44. The maximum atomic E-state index is 12.0. The number of halogens is 3. The molecule has 0 radical (unpaired) electrons. The van der Waals surface area contributed by atoms with Gasteiger partial charge in [0.2, 0.25) is 5.91 Å². The van der Waals surface area contributed by atoms with Crippen LogP contribution in [0.5, 0.6) is 0 Å². The summed E-state index contributed by atoms with van der Waals surface area (Å²) < 4.78 is 41.2. The molecule has 1 saturated heterocycles. The average Bonchev–Trinajstić information content (AvgIpc) is 2.71. The van der Waals surface area contributed by atoms with Crippen molar-refractivity contribution >= 4 is 5.91 Å². The lowest BCUT2D eigenvalue weighted by Gasteiger charge is -2.24. The minimum atomic E-state index is -4.23. The molecule has 17 heavy (non-hydrogen) atoms. The van der Waals surface area contributed by atoms with Crippen LogP contribution in [0.2, 0.25) is 0 Å². The first-order valence-corrected chi connectivity index (χ1v) is 5.42. The molecule has 1 fully saturated rings. The molecule has 0 bridgehead atoms. The zero-order valence-corrected chi connectivity index (χ0v) is 9.88. The first-order chi connectivity index (χ1) is 7.85. The minimum Gasteiger partial charge on any atom is -0.379 e. The number of ether oxygens (including phenoxy) is 1. The van der Waals surface area contributed by atoms with Crippen LogP contribution in [0, 0.1) is 5.92 Å². The Morgan fingerprint density at radius 1 is 1.47 bits per heavy atom. The maximum Gasteiger partial charge on any atom is 0.390 e. The monoisotopic (exact) mass is 254 g/mol. The number of nitrogens with one attached hydrogen (secondary N) is 1. The van der Waals surface area contributed by atoms with E-state index in [1.165, 1.54) is 7.05 Å². The van der Waals surface area contributed by atoms with Gasteiger partial charge in [-0.15, -0.1) is 0 Å². The van der Waals surface area contributed by atoms with Crippen LogP contribution in [0.1, 0.15) is 6.42 Å². The quantitative estimate of drug-likeness (QED) is 0.800. The second-order valence-electron chi connectivity index (χ2n) is 4.16. The van der Waals surface area contributed by atoms with Crippen molar-refractivity contribution < 1.29 is 22.7 Å². The van der Waals surface area contributed by atoms with Gasteiger partial charge in [-0.2, -0.15) is 13.2 Å². The third-order valence-electron chi connectivity index (χ3n) is 2.88. The van der Waals surface area contributed by atoms with E-state index in [-0.39, 0.29) is 25.1 Å². The van der Waals surface area contributed by atoms with Crippen molar-refractivity contribution in [2.75, 3.05) is 33.9 Å². The Morgan fingerprint density at radius 3 is 2.65 bits per heavy atom. The molecule has 1 amide bonds. The third kappa shape index (κ3) is 4.16. The molecule has 0 aromatic rings. The Hall–Kier alpha value is -0.820. The van der Waals surface area contributed by atoms with Crippen molar-refractivity contribution in [1.29, 1.82) is 0 Å². The van der Waals surface area contributed by atoms with Crippen LogP contribution in [-0.2, 0) is 9.53 Å². The maximum absolute atomic E-state index is 12.0. The topological polar surface area (TPSA) is 41.6 Å². The van der Waals surface area contributed by atoms with Gasteiger partial charge in [0.15, 0.2) is 0 Å². The van der Waals surface area contributed by atoms with Crippen molar-refractivity contribution in [2.45, 2.75) is 18.6 Å². The van der Waals surface area contributed by atoms with Gasteiger partial charge in [-0.05, 0) is 7.05 Å². The SMILES string of the molecule is CNC1COCC1C(=O)N(C)CCC(F)(F)F. The van der Waals surface area contributed by atoms with E-state index < -0.39 is 18.5 Å². The van der Waals surface area contributed by atoms with Gasteiger partial charge in [-0.1, -0.05) is 0 Å². The van der Waals surface area contributed by atoms with Gasteiger partial charge < -0.3 is 15.0 Å². The number of likely N-dealkylation sites (N-methyl/N-ethyl adjacent to an activating group) is 1. The number of alkyl halides is 3. The Bertz CT molecular complexity index is 271.